The third kappa shape index (κ3) is 3.48. The fourth-order valence-corrected chi connectivity index (χ4v) is 2.54. The van der Waals surface area contributed by atoms with E-state index in [-0.39, 0.29) is 5.97 Å². The average Bonchev–Trinajstić information content (AvgIpc) is 2.40. The lowest BCUT2D eigenvalue weighted by Crippen LogP contribution is -2.87. The van der Waals surface area contributed by atoms with Gasteiger partial charge < -0.3 is 10.1 Å². The van der Waals surface area contributed by atoms with E-state index in [9.17, 15) is 4.79 Å². The van der Waals surface area contributed by atoms with Gasteiger partial charge in [0, 0.05) is 12.8 Å². The minimum atomic E-state index is -0.485. The third-order valence-corrected chi connectivity index (χ3v) is 4.02. The zero-order chi connectivity index (χ0) is 13.9. The first-order chi connectivity index (χ1) is 8.94. The van der Waals surface area contributed by atoms with E-state index in [0.29, 0.717) is 0 Å². The molecule has 0 amide bonds. The number of hydrogen-bond acceptors (Lipinski definition) is 2. The summed E-state index contributed by atoms with van der Waals surface area (Å²) in [6.07, 6.45) is 1.77. The van der Waals surface area contributed by atoms with E-state index >= 15 is 0 Å². The molecule has 0 unspecified atom stereocenters. The van der Waals surface area contributed by atoms with Crippen LogP contribution in [0.4, 0.5) is 0 Å². The monoisotopic (exact) mass is 374 g/mol. The Morgan fingerprint density at radius 1 is 1.26 bits per heavy atom. The summed E-state index contributed by atoms with van der Waals surface area (Å²) in [6.45, 7) is 5.79. The van der Waals surface area contributed by atoms with Crippen molar-refractivity contribution in [2.45, 2.75) is 35.7 Å². The number of hydrogen-bond donors (Lipinski definition) is 1. The van der Waals surface area contributed by atoms with Gasteiger partial charge in [-0.15, -0.1) is 0 Å². The first kappa shape index (κ1) is 14.8. The molecule has 1 heterocycles. The number of halogens is 1. The molecule has 4 heteroatoms. The van der Waals surface area contributed by atoms with Crippen molar-refractivity contribution in [3.8, 4) is 0 Å². The molecule has 2 N–H and O–H groups in total. The zero-order valence-electron chi connectivity index (χ0n) is 11.5. The normalized spacial score (nSPS) is 18.9. The second-order valence-electron chi connectivity index (χ2n) is 5.59. The predicted octanol–water partition coefficient (Wildman–Crippen LogP) is 2.00. The number of ether oxygens (including phenoxy) is 1. The largest absolute Gasteiger partial charge is 0.453 e. The van der Waals surface area contributed by atoms with E-state index < -0.39 is 9.02 Å². The van der Waals surface area contributed by atoms with Crippen LogP contribution in [0, 0.1) is 0 Å². The summed E-state index contributed by atoms with van der Waals surface area (Å²) in [4.78, 5) is 12.3. The van der Waals surface area contributed by atoms with Gasteiger partial charge in [0.2, 0.25) is 0 Å². The Morgan fingerprint density at radius 3 is 2.37 bits per heavy atom. The van der Waals surface area contributed by atoms with E-state index in [4.69, 9.17) is 4.74 Å². The molecule has 0 spiro atoms. The summed E-state index contributed by atoms with van der Waals surface area (Å²) in [5.74, 6) is -0.126. The van der Waals surface area contributed by atoms with Gasteiger partial charge in [-0.1, -0.05) is 52.9 Å². The summed E-state index contributed by atoms with van der Waals surface area (Å²) in [6, 6.07) is 10.2. The van der Waals surface area contributed by atoms with Crippen LogP contribution in [0.25, 0.3) is 0 Å². The maximum atomic E-state index is 12.3. The maximum Gasteiger partial charge on any atom is 0.322 e. The number of carbonyl (C=O) groups is 1. The molecule has 0 aromatic heterocycles. The lowest BCUT2D eigenvalue weighted by atomic mass is 9.84. The molecule has 0 bridgehead atoms. The van der Waals surface area contributed by atoms with Crippen molar-refractivity contribution in [3.05, 3.63) is 35.9 Å². The van der Waals surface area contributed by atoms with Gasteiger partial charge >= 0.3 is 5.97 Å². The second-order valence-corrected chi connectivity index (χ2v) is 8.29. The highest BCUT2D eigenvalue weighted by Gasteiger charge is 2.42. The van der Waals surface area contributed by atoms with Gasteiger partial charge in [-0.25, -0.2) is 0 Å². The van der Waals surface area contributed by atoms with E-state index in [1.165, 1.54) is 0 Å². The van der Waals surface area contributed by atoms with Crippen molar-refractivity contribution in [2.24, 2.45) is 0 Å². The zero-order valence-corrected chi connectivity index (χ0v) is 13.6. The maximum absolute atomic E-state index is 12.3. The molecule has 0 radical (unpaired) electrons. The highest BCUT2D eigenvalue weighted by atomic mass is 127. The first-order valence-electron chi connectivity index (χ1n) is 6.74. The van der Waals surface area contributed by atoms with Crippen LogP contribution in [0.2, 0.25) is 0 Å². The fourth-order valence-electron chi connectivity index (χ4n) is 2.43. The second kappa shape index (κ2) is 5.79. The predicted molar refractivity (Wildman–Crippen MR) is 83.2 cm³/mol. The Hall–Kier alpha value is -0.620. The molecule has 0 saturated carbocycles. The number of rotatable bonds is 3. The molecule has 1 aromatic carbocycles. The summed E-state index contributed by atoms with van der Waals surface area (Å²) < 4.78 is 5.48. The van der Waals surface area contributed by atoms with Gasteiger partial charge in [0.25, 0.3) is 0 Å². The molecule has 1 aromatic rings. The highest BCUT2D eigenvalue weighted by Crippen LogP contribution is 2.36. The molecular weight excluding hydrogens is 353 g/mol. The smallest absolute Gasteiger partial charge is 0.322 e. The minimum Gasteiger partial charge on any atom is -0.453 e. The quantitative estimate of drug-likeness (QED) is 0.500. The Labute approximate surface area is 128 Å². The van der Waals surface area contributed by atoms with Crippen molar-refractivity contribution in [1.29, 1.82) is 0 Å². The summed E-state index contributed by atoms with van der Waals surface area (Å²) in [5, 5.41) is 2.28. The number of nitrogens with two attached hydrogens (primary N) is 1. The van der Waals surface area contributed by atoms with Crippen molar-refractivity contribution in [2.75, 3.05) is 13.1 Å². The fraction of sp³-hybridized carbons (Fsp3) is 0.533. The molecule has 19 heavy (non-hydrogen) atoms. The Bertz CT molecular complexity index is 433. The lowest BCUT2D eigenvalue weighted by molar-refractivity contribution is -0.668. The van der Waals surface area contributed by atoms with Crippen molar-refractivity contribution < 1.29 is 14.8 Å². The summed E-state index contributed by atoms with van der Waals surface area (Å²) in [7, 11) is 0. The Kier molecular flexibility index (Phi) is 4.50. The molecular formula is C15H21INO2+. The van der Waals surface area contributed by atoms with Gasteiger partial charge in [0.1, 0.15) is 9.02 Å². The number of alkyl halides is 1. The number of carbonyl (C=O) groups excluding carboxylic acids is 1. The van der Waals surface area contributed by atoms with E-state index in [2.05, 4.69) is 40.0 Å². The van der Waals surface area contributed by atoms with Gasteiger partial charge in [-0.05, 0) is 19.4 Å². The summed E-state index contributed by atoms with van der Waals surface area (Å²) in [5.41, 5.74) is 0.687. The van der Waals surface area contributed by atoms with E-state index in [1.807, 2.05) is 32.0 Å². The minimum absolute atomic E-state index is 0.126. The molecule has 3 nitrogen and oxygen atoms in total. The molecule has 2 rings (SSSR count). The Morgan fingerprint density at radius 2 is 1.84 bits per heavy atom. The molecule has 1 fully saturated rings. The van der Waals surface area contributed by atoms with Crippen molar-refractivity contribution >= 4 is 28.6 Å². The third-order valence-electron chi connectivity index (χ3n) is 3.58. The number of quaternary nitrogens is 1. The lowest BCUT2D eigenvalue weighted by Gasteiger charge is -2.37. The SMILES string of the molecule is CC(C)(I)C(=O)OC1(c2ccccc2)CC[NH2+]CC1. The molecule has 1 aliphatic rings. The molecule has 104 valence electrons. The van der Waals surface area contributed by atoms with Crippen LogP contribution in [0.15, 0.2) is 30.3 Å². The van der Waals surface area contributed by atoms with Crippen LogP contribution >= 0.6 is 22.6 Å². The van der Waals surface area contributed by atoms with E-state index in [0.717, 1.165) is 31.5 Å². The topological polar surface area (TPSA) is 42.9 Å². The highest BCUT2D eigenvalue weighted by molar-refractivity contribution is 14.1. The van der Waals surface area contributed by atoms with Crippen LogP contribution in [0.5, 0.6) is 0 Å². The summed E-state index contributed by atoms with van der Waals surface area (Å²) >= 11 is 2.14. The first-order valence-corrected chi connectivity index (χ1v) is 7.81. The van der Waals surface area contributed by atoms with Crippen LogP contribution in [-0.4, -0.2) is 22.5 Å². The number of piperidine rings is 1. The van der Waals surface area contributed by atoms with Gasteiger partial charge in [0.15, 0.2) is 0 Å². The standard InChI is InChI=1S/C15H20INO2/c1-14(2,16)13(18)19-15(8-10-17-11-9-15)12-6-4-3-5-7-12/h3-7,17H,8-11H2,1-2H3/p+1. The molecule has 1 aliphatic heterocycles. The van der Waals surface area contributed by atoms with E-state index in [1.54, 1.807) is 0 Å². The van der Waals surface area contributed by atoms with Crippen molar-refractivity contribution in [1.82, 2.24) is 0 Å². The molecule has 1 saturated heterocycles. The number of esters is 1. The van der Waals surface area contributed by atoms with Gasteiger partial charge in [-0.3, -0.25) is 4.79 Å². The van der Waals surface area contributed by atoms with Crippen LogP contribution in [0.3, 0.4) is 0 Å². The number of benzene rings is 1. The van der Waals surface area contributed by atoms with Gasteiger partial charge in [-0.2, -0.15) is 0 Å². The van der Waals surface area contributed by atoms with Crippen LogP contribution < -0.4 is 5.32 Å². The average molecular weight is 374 g/mol. The molecule has 0 atom stereocenters. The van der Waals surface area contributed by atoms with Gasteiger partial charge in [0.05, 0.1) is 13.1 Å². The molecule has 0 aliphatic carbocycles. The Balaban J connectivity index is 2.28. The van der Waals surface area contributed by atoms with Crippen LogP contribution in [0.1, 0.15) is 32.3 Å². The van der Waals surface area contributed by atoms with Crippen LogP contribution in [-0.2, 0) is 15.1 Å². The van der Waals surface area contributed by atoms with Crippen molar-refractivity contribution in [3.63, 3.8) is 0 Å².